The van der Waals surface area contributed by atoms with Gasteiger partial charge in [-0.1, -0.05) is 6.07 Å². The van der Waals surface area contributed by atoms with Crippen molar-refractivity contribution in [3.8, 4) is 6.01 Å². The van der Waals surface area contributed by atoms with E-state index in [4.69, 9.17) is 4.74 Å². The monoisotopic (exact) mass is 376 g/mol. The number of alkyl halides is 3. The normalized spacial score (nSPS) is 11.9. The molecular weight excluding hydrogens is 361 g/mol. The molecule has 0 atom stereocenters. The predicted octanol–water partition coefficient (Wildman–Crippen LogP) is 2.37. The topological polar surface area (TPSA) is 84.4 Å². The van der Waals surface area contributed by atoms with Crippen molar-refractivity contribution in [3.63, 3.8) is 0 Å². The van der Waals surface area contributed by atoms with Crippen LogP contribution < -0.4 is 14.4 Å². The molecule has 136 valence electrons. The highest BCUT2D eigenvalue weighted by Crippen LogP contribution is 2.31. The fourth-order valence-corrected chi connectivity index (χ4v) is 3.00. The lowest BCUT2D eigenvalue weighted by atomic mass is 10.2. The first-order valence-electron chi connectivity index (χ1n) is 6.83. The van der Waals surface area contributed by atoms with Crippen molar-refractivity contribution in [1.82, 2.24) is 9.97 Å². The minimum Gasteiger partial charge on any atom is -0.467 e. The Kier molecular flexibility index (Phi) is 5.07. The highest BCUT2D eigenvalue weighted by atomic mass is 32.2. The number of nitrogens with zero attached hydrogens (tertiary/aromatic N) is 3. The van der Waals surface area contributed by atoms with Crippen LogP contribution in [0.4, 0.5) is 24.7 Å². The average molecular weight is 376 g/mol. The minimum atomic E-state index is -4.65. The third kappa shape index (κ3) is 4.29. The van der Waals surface area contributed by atoms with Gasteiger partial charge in [0.05, 0.1) is 23.8 Å². The molecule has 0 aliphatic carbocycles. The molecule has 0 aliphatic heterocycles. The van der Waals surface area contributed by atoms with Gasteiger partial charge >= 0.3 is 12.2 Å². The van der Waals surface area contributed by atoms with E-state index < -0.39 is 26.7 Å². The third-order valence-corrected chi connectivity index (χ3v) is 4.43. The van der Waals surface area contributed by atoms with Crippen molar-refractivity contribution in [2.24, 2.45) is 0 Å². The van der Waals surface area contributed by atoms with E-state index in [2.05, 4.69) is 14.7 Å². The lowest BCUT2D eigenvalue weighted by molar-refractivity contribution is -0.137. The molecule has 0 saturated heterocycles. The molecule has 7 nitrogen and oxygen atoms in total. The van der Waals surface area contributed by atoms with Crippen LogP contribution in [0, 0.1) is 0 Å². The van der Waals surface area contributed by atoms with Gasteiger partial charge in [-0.2, -0.15) is 18.2 Å². The van der Waals surface area contributed by atoms with Gasteiger partial charge in [-0.3, -0.25) is 4.72 Å². The van der Waals surface area contributed by atoms with E-state index in [0.29, 0.717) is 6.07 Å². The lowest BCUT2D eigenvalue weighted by Gasteiger charge is -2.17. The number of rotatable bonds is 5. The number of benzene rings is 1. The fourth-order valence-electron chi connectivity index (χ4n) is 1.91. The first kappa shape index (κ1) is 18.8. The Labute approximate surface area is 142 Å². The largest absolute Gasteiger partial charge is 0.467 e. The number of ether oxygens (including phenoxy) is 1. The maximum atomic E-state index is 12.8. The van der Waals surface area contributed by atoms with Gasteiger partial charge < -0.3 is 9.64 Å². The summed E-state index contributed by atoms with van der Waals surface area (Å²) in [6.45, 7) is 0. The Morgan fingerprint density at radius 3 is 2.48 bits per heavy atom. The SMILES string of the molecule is COc1ncc(NS(=O)(=O)c2cccc(C(F)(F)F)c2)c(N(C)C)n1. The molecule has 0 saturated carbocycles. The molecule has 0 spiro atoms. The highest BCUT2D eigenvalue weighted by molar-refractivity contribution is 7.92. The summed E-state index contributed by atoms with van der Waals surface area (Å²) >= 11 is 0. The van der Waals surface area contributed by atoms with Gasteiger partial charge in [-0.15, -0.1) is 0 Å². The quantitative estimate of drug-likeness (QED) is 0.863. The van der Waals surface area contributed by atoms with Crippen molar-refractivity contribution >= 4 is 21.5 Å². The van der Waals surface area contributed by atoms with E-state index >= 15 is 0 Å². The van der Waals surface area contributed by atoms with Crippen LogP contribution in [0.1, 0.15) is 5.56 Å². The number of anilines is 2. The van der Waals surface area contributed by atoms with Gasteiger partial charge in [0.25, 0.3) is 10.0 Å². The molecule has 1 aromatic carbocycles. The second kappa shape index (κ2) is 6.75. The van der Waals surface area contributed by atoms with Crippen molar-refractivity contribution in [2.75, 3.05) is 30.8 Å². The molecular formula is C14H15F3N4O3S. The molecule has 11 heteroatoms. The first-order valence-corrected chi connectivity index (χ1v) is 8.31. The van der Waals surface area contributed by atoms with Gasteiger partial charge in [-0.25, -0.2) is 13.4 Å². The van der Waals surface area contributed by atoms with E-state index in [1.165, 1.54) is 18.2 Å². The summed E-state index contributed by atoms with van der Waals surface area (Å²) in [5, 5.41) is 0. The van der Waals surface area contributed by atoms with Crippen LogP contribution >= 0.6 is 0 Å². The molecule has 0 fully saturated rings. The van der Waals surface area contributed by atoms with Gasteiger partial charge in [0.15, 0.2) is 5.82 Å². The summed E-state index contributed by atoms with van der Waals surface area (Å²) in [6, 6.07) is 3.46. The van der Waals surface area contributed by atoms with Gasteiger partial charge in [0.2, 0.25) is 0 Å². The maximum Gasteiger partial charge on any atom is 0.416 e. The van der Waals surface area contributed by atoms with Gasteiger partial charge in [0, 0.05) is 14.1 Å². The molecule has 0 amide bonds. The van der Waals surface area contributed by atoms with Crippen molar-refractivity contribution in [1.29, 1.82) is 0 Å². The zero-order valence-corrected chi connectivity index (χ0v) is 14.3. The number of hydrogen-bond donors (Lipinski definition) is 1. The van der Waals surface area contributed by atoms with E-state index in [9.17, 15) is 21.6 Å². The molecule has 0 aliphatic rings. The molecule has 1 aromatic heterocycles. The van der Waals surface area contributed by atoms with Crippen molar-refractivity contribution < 1.29 is 26.3 Å². The molecule has 0 unspecified atom stereocenters. The minimum absolute atomic E-state index is 0.00297. The Hall–Kier alpha value is -2.56. The zero-order valence-electron chi connectivity index (χ0n) is 13.5. The molecule has 1 N–H and O–H groups in total. The smallest absolute Gasteiger partial charge is 0.416 e. The average Bonchev–Trinajstić information content (AvgIpc) is 2.54. The number of aromatic nitrogens is 2. The maximum absolute atomic E-state index is 12.8. The Morgan fingerprint density at radius 1 is 1.24 bits per heavy atom. The fraction of sp³-hybridized carbons (Fsp3) is 0.286. The van der Waals surface area contributed by atoms with Crippen LogP contribution in [0.5, 0.6) is 6.01 Å². The molecule has 0 radical (unpaired) electrons. The standard InChI is InChI=1S/C14H15F3N4O3S/c1-21(2)12-11(8-18-13(19-12)24-3)20-25(22,23)10-6-4-5-9(7-10)14(15,16)17/h4-8,20H,1-3H3. The second-order valence-electron chi connectivity index (χ2n) is 5.12. The van der Waals surface area contributed by atoms with Crippen molar-refractivity contribution in [3.05, 3.63) is 36.0 Å². The van der Waals surface area contributed by atoms with Gasteiger partial charge in [-0.05, 0) is 18.2 Å². The number of methoxy groups -OCH3 is 1. The predicted molar refractivity (Wildman–Crippen MR) is 85.2 cm³/mol. The summed E-state index contributed by atoms with van der Waals surface area (Å²) < 4.78 is 70.3. The van der Waals surface area contributed by atoms with Crippen LogP contribution in [0.25, 0.3) is 0 Å². The number of halogens is 3. The van der Waals surface area contributed by atoms with Crippen LogP contribution in [0.3, 0.4) is 0 Å². The van der Waals surface area contributed by atoms with E-state index in [0.717, 1.165) is 18.2 Å². The van der Waals surface area contributed by atoms with Crippen LogP contribution in [0.2, 0.25) is 0 Å². The second-order valence-corrected chi connectivity index (χ2v) is 6.80. The summed E-state index contributed by atoms with van der Waals surface area (Å²) in [5.74, 6) is 0.197. The van der Waals surface area contributed by atoms with Gasteiger partial charge in [0.1, 0.15) is 5.69 Å². The molecule has 2 aromatic rings. The van der Waals surface area contributed by atoms with Crippen LogP contribution in [-0.2, 0) is 16.2 Å². The Morgan fingerprint density at radius 2 is 1.92 bits per heavy atom. The first-order chi connectivity index (χ1) is 11.5. The molecule has 0 bridgehead atoms. The Balaban J connectivity index is 2.43. The van der Waals surface area contributed by atoms with Crippen LogP contribution in [0.15, 0.2) is 35.4 Å². The van der Waals surface area contributed by atoms with Crippen molar-refractivity contribution in [2.45, 2.75) is 11.1 Å². The van der Waals surface area contributed by atoms with E-state index in [1.54, 1.807) is 14.1 Å². The summed E-state index contributed by atoms with van der Waals surface area (Å²) in [6.07, 6.45) is -3.48. The number of hydrogen-bond acceptors (Lipinski definition) is 6. The third-order valence-electron chi connectivity index (χ3n) is 3.07. The van der Waals surface area contributed by atoms with Crippen LogP contribution in [-0.4, -0.2) is 39.6 Å². The Bertz CT molecular complexity index is 870. The molecule has 1 heterocycles. The summed E-state index contributed by atoms with van der Waals surface area (Å²) in [5.41, 5.74) is -1.06. The number of sulfonamides is 1. The zero-order chi connectivity index (χ0) is 18.8. The van der Waals surface area contributed by atoms with E-state index in [-0.39, 0.29) is 17.5 Å². The summed E-state index contributed by atoms with van der Waals surface area (Å²) in [7, 11) is 0.309. The number of nitrogens with one attached hydrogen (secondary N) is 1. The lowest BCUT2D eigenvalue weighted by Crippen LogP contribution is -2.19. The molecule has 2 rings (SSSR count). The highest BCUT2D eigenvalue weighted by Gasteiger charge is 2.31. The summed E-state index contributed by atoms with van der Waals surface area (Å²) in [4.78, 5) is 8.80. The van der Waals surface area contributed by atoms with E-state index in [1.807, 2.05) is 0 Å². The molecule has 25 heavy (non-hydrogen) atoms.